The molecule has 190 valence electrons. The third-order valence-corrected chi connectivity index (χ3v) is 6.72. The van der Waals surface area contributed by atoms with Gasteiger partial charge in [-0.15, -0.1) is 0 Å². The van der Waals surface area contributed by atoms with Crippen LogP contribution in [0, 0.1) is 6.92 Å². The lowest BCUT2D eigenvalue weighted by Crippen LogP contribution is -2.36. The molecule has 10 heteroatoms. The minimum Gasteiger partial charge on any atom is -0.369 e. The smallest absolute Gasteiger partial charge is 0.369 e. The van der Waals surface area contributed by atoms with Gasteiger partial charge in [-0.1, -0.05) is 12.1 Å². The van der Waals surface area contributed by atoms with Gasteiger partial charge in [0.25, 0.3) is 0 Å². The van der Waals surface area contributed by atoms with Crippen molar-refractivity contribution in [2.45, 2.75) is 57.5 Å². The van der Waals surface area contributed by atoms with Gasteiger partial charge in [-0.2, -0.15) is 18.2 Å². The Morgan fingerprint density at radius 1 is 1.20 bits per heavy atom. The van der Waals surface area contributed by atoms with E-state index in [1.165, 1.54) is 5.56 Å². The predicted octanol–water partition coefficient (Wildman–Crippen LogP) is 4.83. The quantitative estimate of drug-likeness (QED) is 0.460. The van der Waals surface area contributed by atoms with Crippen molar-refractivity contribution >= 4 is 23.4 Å². The van der Waals surface area contributed by atoms with Gasteiger partial charge in [-0.05, 0) is 75.2 Å². The topological polar surface area (TPSA) is 82.2 Å². The van der Waals surface area contributed by atoms with Crippen LogP contribution in [0.4, 0.5) is 30.6 Å². The zero-order valence-corrected chi connectivity index (χ0v) is 20.0. The zero-order valence-electron chi connectivity index (χ0n) is 20.0. The highest BCUT2D eigenvalue weighted by Crippen LogP contribution is 2.34. The number of likely N-dealkylation sites (tertiary alicyclic amines) is 1. The Morgan fingerprint density at radius 3 is 2.71 bits per heavy atom. The second-order valence-corrected chi connectivity index (χ2v) is 9.30. The van der Waals surface area contributed by atoms with E-state index in [2.05, 4.69) is 38.1 Å². The molecule has 4 rings (SSSR count). The number of aryl methyl sites for hydroxylation is 1. The van der Waals surface area contributed by atoms with Crippen molar-refractivity contribution in [3.8, 4) is 0 Å². The minimum absolute atomic E-state index is 0.101. The Morgan fingerprint density at radius 2 is 2.00 bits per heavy atom. The van der Waals surface area contributed by atoms with E-state index in [0.717, 1.165) is 56.2 Å². The van der Waals surface area contributed by atoms with Crippen molar-refractivity contribution in [1.29, 1.82) is 0 Å². The Balaban J connectivity index is 1.42. The van der Waals surface area contributed by atoms with Gasteiger partial charge in [0.1, 0.15) is 11.4 Å². The average molecular weight is 491 g/mol. The fourth-order valence-corrected chi connectivity index (χ4v) is 4.72. The van der Waals surface area contributed by atoms with E-state index in [-0.39, 0.29) is 24.2 Å². The number of halogens is 3. The second kappa shape index (κ2) is 11.2. The summed E-state index contributed by atoms with van der Waals surface area (Å²) in [6, 6.07) is 6.14. The van der Waals surface area contributed by atoms with Crippen LogP contribution >= 0.6 is 0 Å². The largest absolute Gasteiger partial charge is 0.421 e. The van der Waals surface area contributed by atoms with Crippen LogP contribution in [0.25, 0.3) is 0 Å². The van der Waals surface area contributed by atoms with Gasteiger partial charge in [0.2, 0.25) is 11.9 Å². The standard InChI is InChI=1S/C25H33F3N6O/c1-17-15-19(18-8-11-29-12-9-18)6-7-21(17)32-24-31-16-20(25(26,27)28)23(33-24)30-10-4-14-34-13-3-2-5-22(34)35/h6-7,15-16,18,29H,2-5,8-14H2,1H3,(H2,30,31,32,33). The molecule has 1 aromatic heterocycles. The zero-order chi connectivity index (χ0) is 24.8. The summed E-state index contributed by atoms with van der Waals surface area (Å²) in [6.07, 6.45) is 1.37. The van der Waals surface area contributed by atoms with E-state index >= 15 is 0 Å². The lowest BCUT2D eigenvalue weighted by atomic mass is 9.89. The van der Waals surface area contributed by atoms with Crippen LogP contribution in [0.5, 0.6) is 0 Å². The molecule has 1 amide bonds. The number of piperidine rings is 2. The Kier molecular flexibility index (Phi) is 8.10. The van der Waals surface area contributed by atoms with Gasteiger partial charge in [0, 0.05) is 37.9 Å². The molecule has 3 N–H and O–H groups in total. The number of rotatable bonds is 8. The molecule has 2 saturated heterocycles. The molecule has 7 nitrogen and oxygen atoms in total. The van der Waals surface area contributed by atoms with Gasteiger partial charge < -0.3 is 20.9 Å². The summed E-state index contributed by atoms with van der Waals surface area (Å²) < 4.78 is 40.6. The summed E-state index contributed by atoms with van der Waals surface area (Å²) in [5, 5.41) is 9.25. The normalized spacial score (nSPS) is 17.5. The molecule has 2 aliphatic heterocycles. The predicted molar refractivity (Wildman–Crippen MR) is 130 cm³/mol. The molecule has 0 spiro atoms. The van der Waals surface area contributed by atoms with Crippen LogP contribution in [0.15, 0.2) is 24.4 Å². The van der Waals surface area contributed by atoms with Gasteiger partial charge >= 0.3 is 6.18 Å². The van der Waals surface area contributed by atoms with E-state index in [0.29, 0.717) is 31.8 Å². The molecule has 0 radical (unpaired) electrons. The van der Waals surface area contributed by atoms with E-state index in [1.54, 1.807) is 4.90 Å². The van der Waals surface area contributed by atoms with Gasteiger partial charge in [-0.25, -0.2) is 4.98 Å². The highest BCUT2D eigenvalue weighted by atomic mass is 19.4. The first-order valence-electron chi connectivity index (χ1n) is 12.4. The summed E-state index contributed by atoms with van der Waals surface area (Å²) in [4.78, 5) is 21.8. The molecule has 35 heavy (non-hydrogen) atoms. The van der Waals surface area contributed by atoms with Gasteiger partial charge in [0.15, 0.2) is 0 Å². The first-order valence-corrected chi connectivity index (χ1v) is 12.4. The van der Waals surface area contributed by atoms with Gasteiger partial charge in [-0.3, -0.25) is 4.79 Å². The average Bonchev–Trinajstić information content (AvgIpc) is 2.84. The summed E-state index contributed by atoms with van der Waals surface area (Å²) in [5.41, 5.74) is 2.12. The molecule has 2 fully saturated rings. The molecule has 0 aliphatic carbocycles. The SMILES string of the molecule is Cc1cc(C2CCNCC2)ccc1Nc1ncc(C(F)(F)F)c(NCCCN2CCCCC2=O)n1. The summed E-state index contributed by atoms with van der Waals surface area (Å²) in [5.74, 6) is 0.470. The number of carbonyl (C=O) groups is 1. The third-order valence-electron chi connectivity index (χ3n) is 6.72. The van der Waals surface area contributed by atoms with Crippen LogP contribution in [-0.4, -0.2) is 53.5 Å². The second-order valence-electron chi connectivity index (χ2n) is 9.30. The van der Waals surface area contributed by atoms with E-state index in [1.807, 2.05) is 13.0 Å². The number of benzene rings is 1. The number of aromatic nitrogens is 2. The van der Waals surface area contributed by atoms with Crippen LogP contribution in [0.2, 0.25) is 0 Å². The fourth-order valence-electron chi connectivity index (χ4n) is 4.72. The summed E-state index contributed by atoms with van der Waals surface area (Å²) >= 11 is 0. The molecule has 2 aromatic rings. The molecular formula is C25H33F3N6O. The Labute approximate surface area is 203 Å². The number of hydrogen-bond acceptors (Lipinski definition) is 6. The molecule has 3 heterocycles. The Bertz CT molecular complexity index is 1020. The first-order chi connectivity index (χ1) is 16.8. The van der Waals surface area contributed by atoms with Crippen LogP contribution < -0.4 is 16.0 Å². The maximum Gasteiger partial charge on any atom is 0.421 e. The van der Waals surface area contributed by atoms with E-state index in [9.17, 15) is 18.0 Å². The maximum atomic E-state index is 13.5. The minimum atomic E-state index is -4.57. The number of nitrogens with one attached hydrogen (secondary N) is 3. The van der Waals surface area contributed by atoms with Crippen LogP contribution in [0.3, 0.4) is 0 Å². The Hall–Kier alpha value is -2.88. The summed E-state index contributed by atoms with van der Waals surface area (Å²) in [6.45, 7) is 5.49. The molecular weight excluding hydrogens is 457 g/mol. The highest BCUT2D eigenvalue weighted by Gasteiger charge is 2.35. The molecule has 0 bridgehead atoms. The molecule has 0 saturated carbocycles. The van der Waals surface area contributed by atoms with Crippen molar-refractivity contribution in [3.05, 3.63) is 41.1 Å². The lowest BCUT2D eigenvalue weighted by Gasteiger charge is -2.26. The van der Waals surface area contributed by atoms with Crippen molar-refractivity contribution in [3.63, 3.8) is 0 Å². The van der Waals surface area contributed by atoms with E-state index < -0.39 is 11.7 Å². The van der Waals surface area contributed by atoms with Crippen molar-refractivity contribution in [2.24, 2.45) is 0 Å². The number of hydrogen-bond donors (Lipinski definition) is 3. The number of alkyl halides is 3. The molecule has 0 unspecified atom stereocenters. The summed E-state index contributed by atoms with van der Waals surface area (Å²) in [7, 11) is 0. The number of amides is 1. The maximum absolute atomic E-state index is 13.5. The monoisotopic (exact) mass is 490 g/mol. The fraction of sp³-hybridized carbons (Fsp3) is 0.560. The van der Waals surface area contributed by atoms with Crippen molar-refractivity contribution in [2.75, 3.05) is 43.4 Å². The van der Waals surface area contributed by atoms with Crippen molar-refractivity contribution in [1.82, 2.24) is 20.2 Å². The molecule has 2 aliphatic rings. The van der Waals surface area contributed by atoms with Crippen LogP contribution in [-0.2, 0) is 11.0 Å². The highest BCUT2D eigenvalue weighted by molar-refractivity contribution is 5.76. The molecule has 1 aromatic carbocycles. The van der Waals surface area contributed by atoms with Gasteiger partial charge in [0.05, 0.1) is 0 Å². The first kappa shape index (κ1) is 25.2. The van der Waals surface area contributed by atoms with E-state index in [4.69, 9.17) is 0 Å². The number of nitrogens with zero attached hydrogens (tertiary/aromatic N) is 3. The van der Waals surface area contributed by atoms with Crippen molar-refractivity contribution < 1.29 is 18.0 Å². The number of anilines is 3. The third kappa shape index (κ3) is 6.62. The lowest BCUT2D eigenvalue weighted by molar-refractivity contribution is -0.137. The van der Waals surface area contributed by atoms with Crippen LogP contribution in [0.1, 0.15) is 61.1 Å². The number of carbonyl (C=O) groups excluding carboxylic acids is 1. The molecule has 0 atom stereocenters.